The molecule has 0 spiro atoms. The van der Waals surface area contributed by atoms with Crippen molar-refractivity contribution in [2.45, 2.75) is 0 Å². The molecule has 0 saturated heterocycles. The van der Waals surface area contributed by atoms with Crippen LogP contribution in [0.2, 0.25) is 0 Å². The molecule has 0 amide bonds. The van der Waals surface area contributed by atoms with Crippen LogP contribution in [0.4, 0.5) is 0 Å². The summed E-state index contributed by atoms with van der Waals surface area (Å²) in [5.74, 6) is 0. The van der Waals surface area contributed by atoms with Crippen molar-refractivity contribution in [3.63, 3.8) is 0 Å². The molecule has 0 aliphatic heterocycles. The van der Waals surface area contributed by atoms with Crippen molar-refractivity contribution in [3.05, 3.63) is 97.1 Å². The van der Waals surface area contributed by atoms with E-state index in [4.69, 9.17) is 0 Å². The molecule has 0 saturated carbocycles. The molecule has 312 valence electrons. The fourth-order valence-electron chi connectivity index (χ4n) is 3.69. The van der Waals surface area contributed by atoms with Crippen LogP contribution in [-0.4, -0.2) is 51.9 Å². The van der Waals surface area contributed by atoms with Crippen LogP contribution >= 0.6 is 27.2 Å². The summed E-state index contributed by atoms with van der Waals surface area (Å²) in [5.41, 5.74) is 11.2. The van der Waals surface area contributed by atoms with Crippen molar-refractivity contribution < 1.29 is 188 Å². The Hall–Kier alpha value is -0.231. The Kier molecular flexibility index (Phi) is 25.8. The molecular weight excluding hydrogens is 1200 g/mol. The van der Waals surface area contributed by atoms with Gasteiger partial charge in [-0.05, 0) is 44.5 Å². The predicted molar refractivity (Wildman–Crippen MR) is 171 cm³/mol. The largest absolute Gasteiger partial charge is 4.00 e. The van der Waals surface area contributed by atoms with Crippen LogP contribution in [0.5, 0.6) is 0 Å². The standard InChI is InChI=1S/2C12H8.4H3O6PS.3Zr/c2*1-2-6-10-9(5-1)11-7-3-4-8-12(10)11;4*1-7(2,3)8(4,5)6;;;/h2*1-8H;4*(H2,1,2,3)(H,4,5,6);;;/q;;;;;;3*+4/p-12. The van der Waals surface area contributed by atoms with Gasteiger partial charge in [0.15, 0.2) is 0 Å². The molecule has 59 heavy (non-hydrogen) atoms. The third-order valence-electron chi connectivity index (χ3n) is 5.96. The number of fused-ring (bicyclic) bond motifs is 8. The molecule has 6 rings (SSSR count). The van der Waals surface area contributed by atoms with Crippen LogP contribution < -0.4 is 39.1 Å². The Morgan fingerprint density at radius 3 is 0.390 bits per heavy atom. The quantitative estimate of drug-likeness (QED) is 0.120. The van der Waals surface area contributed by atoms with Crippen molar-refractivity contribution in [1.29, 1.82) is 0 Å². The minimum Gasteiger partial charge on any atom is -0.800 e. The van der Waals surface area contributed by atoms with Gasteiger partial charge in [-0.15, -0.1) is 0 Å². The van der Waals surface area contributed by atoms with Gasteiger partial charge in [-0.3, -0.25) is 0 Å². The van der Waals surface area contributed by atoms with Gasteiger partial charge in [0.2, 0.25) is 0 Å². The molecule has 4 aromatic carbocycles. The van der Waals surface area contributed by atoms with Gasteiger partial charge in [0, 0.05) is 27.2 Å². The Balaban J connectivity index is -0.000000641. The maximum atomic E-state index is 9.22. The van der Waals surface area contributed by atoms with E-state index in [-0.39, 0.29) is 78.6 Å². The van der Waals surface area contributed by atoms with Crippen molar-refractivity contribution in [1.82, 2.24) is 0 Å². The fourth-order valence-corrected chi connectivity index (χ4v) is 3.69. The Labute approximate surface area is 391 Å². The molecule has 0 fully saturated rings. The van der Waals surface area contributed by atoms with Crippen LogP contribution in [0.3, 0.4) is 0 Å². The molecule has 0 bridgehead atoms. The second-order valence-electron chi connectivity index (χ2n) is 9.68. The topological polar surface area (TPSA) is 482 Å². The second kappa shape index (κ2) is 24.2. The van der Waals surface area contributed by atoms with Gasteiger partial charge in [0.05, 0.1) is 0 Å². The molecule has 35 heteroatoms. The molecular formula is C24H16O24P4S4Zr3. The molecule has 0 unspecified atom stereocenters. The summed E-state index contributed by atoms with van der Waals surface area (Å²) < 4.78 is 147. The second-order valence-corrected chi connectivity index (χ2v) is 27.4. The van der Waals surface area contributed by atoms with E-state index in [0.29, 0.717) is 0 Å². The van der Waals surface area contributed by atoms with Gasteiger partial charge >= 0.3 is 78.6 Å². The first-order chi connectivity index (χ1) is 24.9. The summed E-state index contributed by atoms with van der Waals surface area (Å²) in [6, 6.07) is 34.2. The average molecular weight is 1210 g/mol. The predicted octanol–water partition coefficient (Wildman–Crippen LogP) is -3.90. The fraction of sp³-hybridized carbons (Fsp3) is 0. The van der Waals surface area contributed by atoms with E-state index in [1.165, 1.54) is 44.5 Å². The van der Waals surface area contributed by atoms with Crippen LogP contribution in [0, 0.1) is 0 Å². The zero-order chi connectivity index (χ0) is 43.9. The van der Waals surface area contributed by atoms with Crippen molar-refractivity contribution in [3.8, 4) is 44.5 Å². The van der Waals surface area contributed by atoms with Crippen LogP contribution in [-0.2, 0) is 136 Å². The van der Waals surface area contributed by atoms with E-state index in [9.17, 15) is 109 Å². The average Bonchev–Trinajstić information content (AvgIpc) is 3.00. The summed E-state index contributed by atoms with van der Waals surface area (Å²) in [4.78, 5) is 73.8. The molecule has 0 aromatic heterocycles. The third-order valence-corrected chi connectivity index (χ3v) is 14.7. The Bertz CT molecular complexity index is 2230. The first-order valence-electron chi connectivity index (χ1n) is 13.2. The van der Waals surface area contributed by atoms with E-state index in [1.807, 2.05) is 0 Å². The van der Waals surface area contributed by atoms with Crippen molar-refractivity contribution in [2.75, 3.05) is 0 Å². The Morgan fingerprint density at radius 2 is 0.339 bits per heavy atom. The van der Waals surface area contributed by atoms with E-state index < -0.39 is 66.1 Å². The smallest absolute Gasteiger partial charge is 0.800 e. The van der Waals surface area contributed by atoms with E-state index in [1.54, 1.807) is 0 Å². The van der Waals surface area contributed by atoms with Gasteiger partial charge in [-0.25, -0.2) is 33.7 Å². The minimum absolute atomic E-state index is 0. The molecule has 0 radical (unpaired) electrons. The van der Waals surface area contributed by atoms with E-state index in [2.05, 4.69) is 97.1 Å². The van der Waals surface area contributed by atoms with Gasteiger partial charge in [-0.2, -0.15) is 0 Å². The van der Waals surface area contributed by atoms with E-state index >= 15 is 0 Å². The normalized spacial score (nSPS) is 12.1. The molecule has 4 aromatic rings. The summed E-state index contributed by atoms with van der Waals surface area (Å²) in [7, 11) is -22.6. The maximum Gasteiger partial charge on any atom is 4.00 e. The number of rotatable bonds is 4. The molecule has 0 heterocycles. The summed E-state index contributed by atoms with van der Waals surface area (Å²) >= 11 is 0. The van der Waals surface area contributed by atoms with Crippen LogP contribution in [0.15, 0.2) is 97.1 Å². The maximum absolute atomic E-state index is 9.22. The SMILES string of the molecule is O=P([O-])([O-])S(=O)(=O)[O-].O=P([O-])([O-])S(=O)(=O)[O-].O=P([O-])([O-])S(=O)(=O)[O-].O=P([O-])([O-])S(=O)(=O)[O-].[Zr+4].[Zr+4].[Zr+4].c1ccc2c(c1)-c1ccccc1-2.c1ccc2c(c1)-c1ccccc1-2. The van der Waals surface area contributed by atoms with Gasteiger partial charge in [-0.1, -0.05) is 97.1 Å². The first-order valence-corrected chi connectivity index (χ1v) is 27.5. The van der Waals surface area contributed by atoms with Crippen molar-refractivity contribution >= 4 is 66.1 Å². The summed E-state index contributed by atoms with van der Waals surface area (Å²) in [5, 5.41) is 0. The molecule has 0 atom stereocenters. The van der Waals surface area contributed by atoms with E-state index in [0.717, 1.165) is 0 Å². The zero-order valence-corrected chi connectivity index (χ0v) is 42.2. The molecule has 24 nitrogen and oxygen atoms in total. The van der Waals surface area contributed by atoms with Crippen LogP contribution in [0.25, 0.3) is 44.5 Å². The molecule has 2 aliphatic carbocycles. The van der Waals surface area contributed by atoms with Gasteiger partial charge in [0.25, 0.3) is 0 Å². The number of benzene rings is 4. The number of hydrogen-bond donors (Lipinski definition) is 0. The van der Waals surface area contributed by atoms with Gasteiger partial charge < -0.3 is 75.6 Å². The molecule has 0 N–H and O–H groups in total. The third kappa shape index (κ3) is 19.6. The summed E-state index contributed by atoms with van der Waals surface area (Å²) in [6.07, 6.45) is 0. The first kappa shape index (κ1) is 63.1. The van der Waals surface area contributed by atoms with Crippen LogP contribution in [0.1, 0.15) is 0 Å². The monoisotopic (exact) mass is 1210 g/mol. The zero-order valence-electron chi connectivity index (χ0n) is 28.0. The summed E-state index contributed by atoms with van der Waals surface area (Å²) in [6.45, 7) is -23.7. The Morgan fingerprint density at radius 1 is 0.271 bits per heavy atom. The number of hydrogen-bond acceptors (Lipinski definition) is 24. The van der Waals surface area contributed by atoms with Crippen molar-refractivity contribution in [2.24, 2.45) is 0 Å². The molecule has 2 aliphatic rings. The van der Waals surface area contributed by atoms with Gasteiger partial charge in [0.1, 0.15) is 39.0 Å². The minimum atomic E-state index is -5.93.